The number of carbonyl (C=O) groups is 1. The Kier molecular flexibility index (Phi) is 14.7. The normalized spacial score (nSPS) is 13.6. The summed E-state index contributed by atoms with van der Waals surface area (Å²) in [4.78, 5) is 18.1. The van der Waals surface area contributed by atoms with Crippen LogP contribution in [0.4, 0.5) is 18.0 Å². The van der Waals surface area contributed by atoms with Crippen molar-refractivity contribution in [1.29, 1.82) is 0 Å². The molecule has 6 nitrogen and oxygen atoms in total. The molecule has 1 unspecified atom stereocenters. The number of nitrogens with one attached hydrogen (secondary N) is 2. The molecule has 0 fully saturated rings. The van der Waals surface area contributed by atoms with E-state index in [2.05, 4.69) is 15.6 Å². The molecule has 0 saturated carbocycles. The summed E-state index contributed by atoms with van der Waals surface area (Å²) in [5.74, 6) is 0.838. The topological polar surface area (TPSA) is 66.0 Å². The van der Waals surface area contributed by atoms with E-state index in [1.165, 1.54) is 0 Å². The van der Waals surface area contributed by atoms with Gasteiger partial charge in [0, 0.05) is 39.6 Å². The summed E-state index contributed by atoms with van der Waals surface area (Å²) < 4.78 is 41.8. The minimum atomic E-state index is -4.11. The molecule has 0 aromatic carbocycles. The maximum atomic E-state index is 12.2. The zero-order valence-electron chi connectivity index (χ0n) is 18.7. The summed E-state index contributed by atoms with van der Waals surface area (Å²) in [7, 11) is 3.49. The Hall–Kier alpha value is -0.940. The molecular weight excluding hydrogens is 500 g/mol. The number of alkyl carbamates (subject to hydrolysis) is 1. The van der Waals surface area contributed by atoms with E-state index >= 15 is 0 Å². The Balaban J connectivity index is 0. The zero-order valence-corrected chi connectivity index (χ0v) is 21.0. The van der Waals surface area contributed by atoms with Crippen molar-refractivity contribution in [2.24, 2.45) is 10.9 Å². The zero-order chi connectivity index (χ0) is 22.0. The summed E-state index contributed by atoms with van der Waals surface area (Å²) in [6.45, 7) is 10.5. The molecule has 0 saturated heterocycles. The molecule has 0 aromatic heterocycles. The largest absolute Gasteiger partial charge is 0.444 e. The van der Waals surface area contributed by atoms with Gasteiger partial charge in [0.2, 0.25) is 0 Å². The third kappa shape index (κ3) is 16.5. The lowest BCUT2D eigenvalue weighted by Crippen LogP contribution is -2.45. The van der Waals surface area contributed by atoms with Gasteiger partial charge in [-0.3, -0.25) is 4.99 Å². The van der Waals surface area contributed by atoms with Gasteiger partial charge in [-0.25, -0.2) is 4.79 Å². The number of aliphatic imine (C=N–C) groups is 1. The highest BCUT2D eigenvalue weighted by Gasteiger charge is 2.26. The predicted octanol–water partition coefficient (Wildman–Crippen LogP) is 4.78. The predicted molar refractivity (Wildman–Crippen MR) is 122 cm³/mol. The standard InChI is InChI=1S/C19H37F3N4O2.HI/c1-14(2)15(25-17(27)28-18(3,4)5)10-13-26(7)16(23-6)24-12-9-8-11-19(20,21)22;/h14-15H,8-13H2,1-7H3,(H,23,24)(H,25,27);1H. The number of nitrogens with zero attached hydrogens (tertiary/aromatic N) is 2. The molecule has 174 valence electrons. The van der Waals surface area contributed by atoms with Crippen LogP contribution < -0.4 is 10.6 Å². The average Bonchev–Trinajstić information content (AvgIpc) is 2.51. The highest BCUT2D eigenvalue weighted by Crippen LogP contribution is 2.21. The number of rotatable bonds is 9. The van der Waals surface area contributed by atoms with Crippen LogP contribution in [0.5, 0.6) is 0 Å². The highest BCUT2D eigenvalue weighted by molar-refractivity contribution is 14.0. The Morgan fingerprint density at radius 1 is 1.17 bits per heavy atom. The van der Waals surface area contributed by atoms with E-state index in [1.807, 2.05) is 46.6 Å². The molecule has 0 aliphatic carbocycles. The van der Waals surface area contributed by atoms with Crippen molar-refractivity contribution >= 4 is 36.0 Å². The van der Waals surface area contributed by atoms with E-state index in [9.17, 15) is 18.0 Å². The van der Waals surface area contributed by atoms with Crippen molar-refractivity contribution < 1.29 is 22.7 Å². The monoisotopic (exact) mass is 538 g/mol. The Labute approximate surface area is 190 Å². The van der Waals surface area contributed by atoms with E-state index < -0.39 is 24.3 Å². The third-order valence-electron chi connectivity index (χ3n) is 4.03. The summed E-state index contributed by atoms with van der Waals surface area (Å²) in [5, 5.41) is 5.98. The minimum absolute atomic E-state index is 0. The van der Waals surface area contributed by atoms with Crippen molar-refractivity contribution in [2.75, 3.05) is 27.2 Å². The van der Waals surface area contributed by atoms with Crippen LogP contribution in [0.25, 0.3) is 0 Å². The fourth-order valence-electron chi connectivity index (χ4n) is 2.51. The first kappa shape index (κ1) is 30.3. The molecule has 0 heterocycles. The summed E-state index contributed by atoms with van der Waals surface area (Å²) in [6, 6.07) is -0.0674. The summed E-state index contributed by atoms with van der Waals surface area (Å²) >= 11 is 0. The smallest absolute Gasteiger partial charge is 0.407 e. The van der Waals surface area contributed by atoms with Crippen molar-refractivity contribution in [3.8, 4) is 0 Å². The fourth-order valence-corrected chi connectivity index (χ4v) is 2.51. The number of carbonyl (C=O) groups excluding carboxylic acids is 1. The lowest BCUT2D eigenvalue weighted by molar-refractivity contribution is -0.135. The highest BCUT2D eigenvalue weighted by atomic mass is 127. The van der Waals surface area contributed by atoms with E-state index in [1.54, 1.807) is 7.05 Å². The molecule has 29 heavy (non-hydrogen) atoms. The molecule has 0 radical (unpaired) electrons. The SMILES string of the molecule is CN=C(NCCCCC(F)(F)F)N(C)CCC(NC(=O)OC(C)(C)C)C(C)C.I. The number of halogens is 4. The van der Waals surface area contributed by atoms with E-state index in [-0.39, 0.29) is 42.4 Å². The van der Waals surface area contributed by atoms with Gasteiger partial charge in [0.1, 0.15) is 5.60 Å². The van der Waals surface area contributed by atoms with Crippen LogP contribution in [0.1, 0.15) is 60.3 Å². The molecule has 2 N–H and O–H groups in total. The average molecular weight is 538 g/mol. The van der Waals surface area contributed by atoms with Gasteiger partial charge in [0.05, 0.1) is 0 Å². The number of ether oxygens (including phenoxy) is 1. The number of guanidine groups is 1. The molecule has 0 bridgehead atoms. The second-order valence-electron chi connectivity index (χ2n) is 8.25. The van der Waals surface area contributed by atoms with E-state index in [4.69, 9.17) is 4.74 Å². The molecule has 10 heteroatoms. The number of hydrogen-bond donors (Lipinski definition) is 2. The Morgan fingerprint density at radius 3 is 2.21 bits per heavy atom. The molecule has 0 aromatic rings. The van der Waals surface area contributed by atoms with Crippen LogP contribution in [-0.4, -0.2) is 62.0 Å². The molecule has 0 spiro atoms. The van der Waals surface area contributed by atoms with E-state index in [0.29, 0.717) is 31.9 Å². The van der Waals surface area contributed by atoms with Gasteiger partial charge in [-0.1, -0.05) is 13.8 Å². The van der Waals surface area contributed by atoms with E-state index in [0.717, 1.165) is 0 Å². The van der Waals surface area contributed by atoms with Crippen molar-refractivity contribution in [3.05, 3.63) is 0 Å². The molecule has 0 rings (SSSR count). The van der Waals surface area contributed by atoms with Gasteiger partial charge >= 0.3 is 12.3 Å². The van der Waals surface area contributed by atoms with Crippen molar-refractivity contribution in [1.82, 2.24) is 15.5 Å². The number of unbranched alkanes of at least 4 members (excludes halogenated alkanes) is 1. The fraction of sp³-hybridized carbons (Fsp3) is 0.895. The van der Waals surface area contributed by atoms with Gasteiger partial charge in [-0.2, -0.15) is 13.2 Å². The lowest BCUT2D eigenvalue weighted by atomic mass is 10.0. The first-order chi connectivity index (χ1) is 12.7. The Morgan fingerprint density at radius 2 is 1.76 bits per heavy atom. The first-order valence-electron chi connectivity index (χ1n) is 9.73. The molecule has 1 amide bonds. The van der Waals surface area contributed by atoms with Crippen molar-refractivity contribution in [3.63, 3.8) is 0 Å². The van der Waals surface area contributed by atoms with Gasteiger partial charge in [-0.05, 0) is 46.0 Å². The summed E-state index contributed by atoms with van der Waals surface area (Å²) in [5.41, 5.74) is -0.555. The first-order valence-corrected chi connectivity index (χ1v) is 9.73. The van der Waals surface area contributed by atoms with Crippen LogP contribution in [0.2, 0.25) is 0 Å². The van der Waals surface area contributed by atoms with Gasteiger partial charge < -0.3 is 20.3 Å². The second-order valence-corrected chi connectivity index (χ2v) is 8.25. The quantitative estimate of drug-likeness (QED) is 0.192. The molecular formula is C19H38F3IN4O2. The second kappa shape index (κ2) is 14.1. The van der Waals surface area contributed by atoms with Crippen molar-refractivity contribution in [2.45, 2.75) is 78.1 Å². The lowest BCUT2D eigenvalue weighted by Gasteiger charge is -2.28. The molecule has 0 aliphatic rings. The number of hydrogen-bond acceptors (Lipinski definition) is 3. The van der Waals surface area contributed by atoms with Gasteiger partial charge in [0.15, 0.2) is 5.96 Å². The number of alkyl halides is 3. The minimum Gasteiger partial charge on any atom is -0.444 e. The van der Waals surface area contributed by atoms with Crippen LogP contribution >= 0.6 is 24.0 Å². The molecule has 1 atom stereocenters. The third-order valence-corrected chi connectivity index (χ3v) is 4.03. The van der Waals surface area contributed by atoms with Gasteiger partial charge in [-0.15, -0.1) is 24.0 Å². The maximum Gasteiger partial charge on any atom is 0.407 e. The Bertz CT molecular complexity index is 495. The summed E-state index contributed by atoms with van der Waals surface area (Å²) in [6.07, 6.45) is -4.13. The molecule has 0 aliphatic heterocycles. The van der Waals surface area contributed by atoms with Crippen LogP contribution in [0.15, 0.2) is 4.99 Å². The van der Waals surface area contributed by atoms with Crippen LogP contribution in [0, 0.1) is 5.92 Å². The van der Waals surface area contributed by atoms with Crippen LogP contribution in [-0.2, 0) is 4.74 Å². The maximum absolute atomic E-state index is 12.2. The van der Waals surface area contributed by atoms with Gasteiger partial charge in [0.25, 0.3) is 0 Å². The number of amides is 1. The van der Waals surface area contributed by atoms with Crippen LogP contribution in [0.3, 0.4) is 0 Å².